The summed E-state index contributed by atoms with van der Waals surface area (Å²) in [6, 6.07) is 21.3. The van der Waals surface area contributed by atoms with Crippen LogP contribution in [0.25, 0.3) is 28.1 Å². The van der Waals surface area contributed by atoms with Crippen molar-refractivity contribution in [2.45, 2.75) is 10.9 Å². The Labute approximate surface area is 164 Å². The Kier molecular flexibility index (Phi) is 4.04. The van der Waals surface area contributed by atoms with Crippen LogP contribution in [0, 0.1) is 11.3 Å². The van der Waals surface area contributed by atoms with Crippen molar-refractivity contribution in [3.8, 4) is 17.7 Å². The molecule has 134 valence electrons. The van der Waals surface area contributed by atoms with Crippen LogP contribution < -0.4 is 0 Å². The number of fused-ring (bicyclic) bond motifs is 3. The van der Waals surface area contributed by atoms with Crippen LogP contribution in [0.3, 0.4) is 0 Å². The van der Waals surface area contributed by atoms with E-state index >= 15 is 0 Å². The number of para-hydroxylation sites is 1. The number of rotatable bonds is 4. The fourth-order valence-corrected chi connectivity index (χ4v) is 3.94. The smallest absolute Gasteiger partial charge is 0.197 e. The van der Waals surface area contributed by atoms with Crippen LogP contribution in [0.2, 0.25) is 0 Å². The molecule has 0 atom stereocenters. The molecule has 6 nitrogen and oxygen atoms in total. The quantitative estimate of drug-likeness (QED) is 0.419. The predicted octanol–water partition coefficient (Wildman–Crippen LogP) is 4.70. The van der Waals surface area contributed by atoms with Crippen LogP contribution in [0.4, 0.5) is 0 Å². The van der Waals surface area contributed by atoms with Crippen LogP contribution >= 0.6 is 11.8 Å². The number of nitrogens with zero attached hydrogens (tertiary/aromatic N) is 5. The lowest BCUT2D eigenvalue weighted by Crippen LogP contribution is -1.98. The summed E-state index contributed by atoms with van der Waals surface area (Å²) >= 11 is 1.57. The Balaban J connectivity index is 1.61. The first-order valence-electron chi connectivity index (χ1n) is 8.63. The third-order valence-corrected chi connectivity index (χ3v) is 5.41. The van der Waals surface area contributed by atoms with Gasteiger partial charge in [0.25, 0.3) is 0 Å². The largest absolute Gasteiger partial charge is 0.461 e. The van der Waals surface area contributed by atoms with Crippen LogP contribution in [-0.2, 0) is 5.75 Å². The monoisotopic (exact) mass is 383 g/mol. The summed E-state index contributed by atoms with van der Waals surface area (Å²) in [4.78, 5) is 4.80. The summed E-state index contributed by atoms with van der Waals surface area (Å²) in [5, 5.41) is 19.5. The van der Waals surface area contributed by atoms with Gasteiger partial charge in [0, 0.05) is 11.1 Å². The van der Waals surface area contributed by atoms with Crippen molar-refractivity contribution in [1.29, 1.82) is 5.26 Å². The van der Waals surface area contributed by atoms with Gasteiger partial charge in [0.2, 0.25) is 0 Å². The first-order chi connectivity index (χ1) is 13.8. The van der Waals surface area contributed by atoms with Crippen LogP contribution in [0.15, 0.2) is 76.5 Å². The number of thioether (sulfide) groups is 1. The van der Waals surface area contributed by atoms with Crippen molar-refractivity contribution < 1.29 is 4.42 Å². The molecular formula is C21H13N5OS. The Hall–Kier alpha value is -3.63. The minimum Gasteiger partial charge on any atom is -0.461 e. The van der Waals surface area contributed by atoms with Gasteiger partial charge in [-0.2, -0.15) is 5.26 Å². The van der Waals surface area contributed by atoms with E-state index in [2.05, 4.69) is 16.3 Å². The van der Waals surface area contributed by atoms with Crippen molar-refractivity contribution >= 4 is 28.3 Å². The fourth-order valence-electron chi connectivity index (χ4n) is 3.05. The Morgan fingerprint density at radius 3 is 2.64 bits per heavy atom. The molecule has 0 amide bonds. The van der Waals surface area contributed by atoms with Gasteiger partial charge in [-0.25, -0.2) is 4.98 Å². The van der Waals surface area contributed by atoms with Crippen molar-refractivity contribution in [1.82, 2.24) is 19.6 Å². The maximum atomic E-state index is 8.94. The second-order valence-electron chi connectivity index (χ2n) is 6.17. The number of furan rings is 1. The van der Waals surface area contributed by atoms with Gasteiger partial charge in [0.15, 0.2) is 22.4 Å². The molecule has 0 fully saturated rings. The normalized spacial score (nSPS) is 11.1. The molecule has 7 heteroatoms. The zero-order valence-corrected chi connectivity index (χ0v) is 15.4. The standard InChI is InChI=1S/C21H13N5OS/c22-12-14-7-9-15(10-8-14)13-28-21-25-24-19-16-4-1-2-5-17(16)23-20(26(19)21)18-6-3-11-27-18/h1-11H,13H2. The molecule has 0 unspecified atom stereocenters. The minimum atomic E-state index is 0.650. The van der Waals surface area contributed by atoms with Crippen LogP contribution in [0.1, 0.15) is 11.1 Å². The van der Waals surface area contributed by atoms with E-state index in [1.54, 1.807) is 18.0 Å². The number of aromatic nitrogens is 4. The first-order valence-corrected chi connectivity index (χ1v) is 9.61. The lowest BCUT2D eigenvalue weighted by atomic mass is 10.2. The average Bonchev–Trinajstić information content (AvgIpc) is 3.42. The third kappa shape index (κ3) is 2.80. The molecular weight excluding hydrogens is 370 g/mol. The van der Waals surface area contributed by atoms with Gasteiger partial charge in [-0.15, -0.1) is 10.2 Å². The van der Waals surface area contributed by atoms with Gasteiger partial charge >= 0.3 is 0 Å². The van der Waals surface area contributed by atoms with E-state index in [4.69, 9.17) is 14.7 Å². The van der Waals surface area contributed by atoms with E-state index in [0.29, 0.717) is 22.9 Å². The van der Waals surface area contributed by atoms with Gasteiger partial charge in [-0.3, -0.25) is 4.40 Å². The van der Waals surface area contributed by atoms with Gasteiger partial charge in [-0.05, 0) is 42.0 Å². The summed E-state index contributed by atoms with van der Waals surface area (Å²) in [6.45, 7) is 0. The molecule has 0 aliphatic heterocycles. The third-order valence-electron chi connectivity index (χ3n) is 4.41. The Morgan fingerprint density at radius 1 is 1.00 bits per heavy atom. The molecule has 3 heterocycles. The predicted molar refractivity (Wildman–Crippen MR) is 107 cm³/mol. The highest BCUT2D eigenvalue weighted by Crippen LogP contribution is 2.30. The molecule has 0 spiro atoms. The van der Waals surface area contributed by atoms with Crippen molar-refractivity contribution in [3.63, 3.8) is 0 Å². The second-order valence-corrected chi connectivity index (χ2v) is 7.11. The maximum absolute atomic E-state index is 8.94. The maximum Gasteiger partial charge on any atom is 0.197 e. The summed E-state index contributed by atoms with van der Waals surface area (Å²) < 4.78 is 7.55. The summed E-state index contributed by atoms with van der Waals surface area (Å²) in [5.41, 5.74) is 3.35. The molecule has 2 aromatic carbocycles. The second kappa shape index (κ2) is 6.83. The zero-order chi connectivity index (χ0) is 18.9. The summed E-state index contributed by atoms with van der Waals surface area (Å²) in [6.07, 6.45) is 1.63. The highest BCUT2D eigenvalue weighted by Gasteiger charge is 2.18. The highest BCUT2D eigenvalue weighted by atomic mass is 32.2. The molecule has 5 rings (SSSR count). The van der Waals surface area contributed by atoms with Crippen molar-refractivity contribution in [2.75, 3.05) is 0 Å². The first kappa shape index (κ1) is 16.5. The van der Waals surface area contributed by atoms with Gasteiger partial charge < -0.3 is 4.42 Å². The van der Waals surface area contributed by atoms with Crippen LogP contribution in [0.5, 0.6) is 0 Å². The summed E-state index contributed by atoms with van der Waals surface area (Å²) in [5.74, 6) is 2.04. The molecule has 5 aromatic rings. The Morgan fingerprint density at radius 2 is 1.86 bits per heavy atom. The zero-order valence-electron chi connectivity index (χ0n) is 14.6. The number of benzene rings is 2. The van der Waals surface area contributed by atoms with Crippen molar-refractivity contribution in [2.24, 2.45) is 0 Å². The number of nitriles is 1. The van der Waals surface area contributed by atoms with E-state index in [1.807, 2.05) is 65.1 Å². The minimum absolute atomic E-state index is 0.650. The highest BCUT2D eigenvalue weighted by molar-refractivity contribution is 7.98. The summed E-state index contributed by atoms with van der Waals surface area (Å²) in [7, 11) is 0. The molecule has 0 aliphatic carbocycles. The van der Waals surface area contributed by atoms with E-state index in [9.17, 15) is 0 Å². The lowest BCUT2D eigenvalue weighted by Gasteiger charge is -2.07. The molecule has 0 N–H and O–H groups in total. The Bertz CT molecular complexity index is 1320. The molecule has 0 radical (unpaired) electrons. The van der Waals surface area contributed by atoms with E-state index < -0.39 is 0 Å². The average molecular weight is 383 g/mol. The fraction of sp³-hybridized carbons (Fsp3) is 0.0476. The molecule has 0 saturated carbocycles. The van der Waals surface area contributed by atoms with E-state index in [1.165, 1.54) is 0 Å². The molecule has 28 heavy (non-hydrogen) atoms. The number of hydrogen-bond acceptors (Lipinski definition) is 6. The SMILES string of the molecule is N#Cc1ccc(CSc2nnc3c4ccccc4nc(-c4ccco4)n23)cc1. The van der Waals surface area contributed by atoms with Gasteiger partial charge in [0.05, 0.1) is 23.4 Å². The van der Waals surface area contributed by atoms with Crippen molar-refractivity contribution in [3.05, 3.63) is 78.1 Å². The lowest BCUT2D eigenvalue weighted by molar-refractivity contribution is 0.575. The molecule has 0 bridgehead atoms. The topological polar surface area (TPSA) is 80.0 Å². The van der Waals surface area contributed by atoms with E-state index in [-0.39, 0.29) is 0 Å². The van der Waals surface area contributed by atoms with E-state index in [0.717, 1.165) is 27.3 Å². The molecule has 0 saturated heterocycles. The molecule has 3 aromatic heterocycles. The van der Waals surface area contributed by atoms with Crippen LogP contribution in [-0.4, -0.2) is 19.6 Å². The van der Waals surface area contributed by atoms with Gasteiger partial charge in [-0.1, -0.05) is 36.0 Å². The van der Waals surface area contributed by atoms with Gasteiger partial charge in [0.1, 0.15) is 0 Å². The molecule has 0 aliphatic rings. The number of hydrogen-bond donors (Lipinski definition) is 0.